The summed E-state index contributed by atoms with van der Waals surface area (Å²) in [5.74, 6) is 1.75. The molecule has 0 aliphatic heterocycles. The zero-order valence-electron chi connectivity index (χ0n) is 17.9. The summed E-state index contributed by atoms with van der Waals surface area (Å²) in [6.45, 7) is 8.32. The van der Waals surface area contributed by atoms with Gasteiger partial charge in [-0.15, -0.1) is 23.1 Å². The molecule has 0 saturated heterocycles. The molecule has 7 heteroatoms. The molecule has 160 valence electrons. The molecule has 3 rings (SSSR count). The zero-order valence-corrected chi connectivity index (χ0v) is 19.5. The van der Waals surface area contributed by atoms with E-state index in [2.05, 4.69) is 29.1 Å². The Bertz CT molecular complexity index is 1040. The molecular formula is C23H29N3O2S2. The van der Waals surface area contributed by atoms with Crippen LogP contribution in [-0.4, -0.2) is 27.2 Å². The van der Waals surface area contributed by atoms with Crippen molar-refractivity contribution in [3.8, 4) is 11.1 Å². The maximum atomic E-state index is 12.7. The van der Waals surface area contributed by atoms with Crippen LogP contribution in [0.5, 0.6) is 0 Å². The van der Waals surface area contributed by atoms with Gasteiger partial charge in [0.2, 0.25) is 5.91 Å². The first-order valence-corrected chi connectivity index (χ1v) is 12.3. The van der Waals surface area contributed by atoms with Gasteiger partial charge in [-0.2, -0.15) is 0 Å². The summed E-state index contributed by atoms with van der Waals surface area (Å²) in [5.41, 5.74) is 1.79. The average Bonchev–Trinajstić information content (AvgIpc) is 3.15. The van der Waals surface area contributed by atoms with Crippen LogP contribution in [0.3, 0.4) is 0 Å². The van der Waals surface area contributed by atoms with Crippen LogP contribution in [0.1, 0.15) is 46.4 Å². The Hall–Kier alpha value is -2.12. The fraction of sp³-hybridized carbons (Fsp3) is 0.435. The Balaban J connectivity index is 1.64. The first kappa shape index (κ1) is 22.6. The van der Waals surface area contributed by atoms with Crippen LogP contribution < -0.4 is 10.9 Å². The van der Waals surface area contributed by atoms with E-state index in [1.165, 1.54) is 23.1 Å². The largest absolute Gasteiger partial charge is 0.353 e. The second-order valence-electron chi connectivity index (χ2n) is 8.04. The Kier molecular flexibility index (Phi) is 7.72. The lowest BCUT2D eigenvalue weighted by atomic mass is 10.0. The molecule has 1 amide bonds. The van der Waals surface area contributed by atoms with Crippen molar-refractivity contribution in [3.63, 3.8) is 0 Å². The third-order valence-electron chi connectivity index (χ3n) is 4.98. The Morgan fingerprint density at radius 2 is 1.90 bits per heavy atom. The van der Waals surface area contributed by atoms with E-state index in [-0.39, 0.29) is 22.8 Å². The van der Waals surface area contributed by atoms with E-state index in [0.29, 0.717) is 22.9 Å². The van der Waals surface area contributed by atoms with Crippen molar-refractivity contribution in [1.82, 2.24) is 15.3 Å². The van der Waals surface area contributed by atoms with E-state index < -0.39 is 0 Å². The van der Waals surface area contributed by atoms with Gasteiger partial charge in [-0.25, -0.2) is 4.98 Å². The maximum absolute atomic E-state index is 12.7. The minimum Gasteiger partial charge on any atom is -0.353 e. The highest BCUT2D eigenvalue weighted by atomic mass is 32.2. The molecule has 2 unspecified atom stereocenters. The lowest BCUT2D eigenvalue weighted by Crippen LogP contribution is -2.37. The third-order valence-corrected chi connectivity index (χ3v) is 7.01. The summed E-state index contributed by atoms with van der Waals surface area (Å²) in [6, 6.07) is 10.0. The SMILES string of the molecule is CC(C)CCC(C)NC(=O)C(C)SCc1nc2scc(-c3ccccc3)c2c(=O)[nH]1. The van der Waals surface area contributed by atoms with Crippen LogP contribution >= 0.6 is 23.1 Å². The van der Waals surface area contributed by atoms with Crippen molar-refractivity contribution in [3.05, 3.63) is 51.9 Å². The van der Waals surface area contributed by atoms with E-state index in [1.807, 2.05) is 49.6 Å². The molecule has 2 heterocycles. The highest BCUT2D eigenvalue weighted by Crippen LogP contribution is 2.30. The molecule has 5 nitrogen and oxygen atoms in total. The number of hydrogen-bond acceptors (Lipinski definition) is 5. The summed E-state index contributed by atoms with van der Waals surface area (Å²) in [6.07, 6.45) is 2.08. The average molecular weight is 444 g/mol. The predicted octanol–water partition coefficient (Wildman–Crippen LogP) is 5.21. The summed E-state index contributed by atoms with van der Waals surface area (Å²) in [4.78, 5) is 33.4. The first-order valence-electron chi connectivity index (χ1n) is 10.3. The van der Waals surface area contributed by atoms with Crippen molar-refractivity contribution < 1.29 is 4.79 Å². The molecule has 0 fully saturated rings. The number of H-pyrrole nitrogens is 1. The summed E-state index contributed by atoms with van der Waals surface area (Å²) in [5, 5.41) is 5.48. The van der Waals surface area contributed by atoms with Gasteiger partial charge in [0.1, 0.15) is 10.7 Å². The molecule has 0 bridgehead atoms. The predicted molar refractivity (Wildman–Crippen MR) is 128 cm³/mol. The van der Waals surface area contributed by atoms with E-state index in [9.17, 15) is 9.59 Å². The number of amides is 1. The molecule has 0 radical (unpaired) electrons. The van der Waals surface area contributed by atoms with Crippen molar-refractivity contribution in [1.29, 1.82) is 0 Å². The zero-order chi connectivity index (χ0) is 21.7. The highest BCUT2D eigenvalue weighted by Gasteiger charge is 2.18. The van der Waals surface area contributed by atoms with Crippen molar-refractivity contribution in [2.75, 3.05) is 0 Å². The molecule has 0 saturated carbocycles. The number of nitrogens with one attached hydrogen (secondary N) is 2. The molecule has 0 aliphatic carbocycles. The number of hydrogen-bond donors (Lipinski definition) is 2. The van der Waals surface area contributed by atoms with Gasteiger partial charge in [-0.05, 0) is 38.2 Å². The standard InChI is InChI=1S/C23H29N3O2S2/c1-14(2)10-11-15(3)24-21(27)16(4)29-13-19-25-22(28)20-18(12-30-23(20)26-19)17-8-6-5-7-9-17/h5-9,12,14-16H,10-11,13H2,1-4H3,(H,24,27)(H,25,26,28). The molecule has 3 aromatic rings. The first-order chi connectivity index (χ1) is 14.3. The van der Waals surface area contributed by atoms with E-state index in [1.54, 1.807) is 0 Å². The smallest absolute Gasteiger partial charge is 0.260 e. The quantitative estimate of drug-likeness (QED) is 0.476. The van der Waals surface area contributed by atoms with Crippen molar-refractivity contribution >= 4 is 39.2 Å². The van der Waals surface area contributed by atoms with Gasteiger partial charge in [-0.3, -0.25) is 9.59 Å². The number of thiophene rings is 1. The fourth-order valence-corrected chi connectivity index (χ4v) is 4.92. The van der Waals surface area contributed by atoms with Crippen molar-refractivity contribution in [2.24, 2.45) is 5.92 Å². The lowest BCUT2D eigenvalue weighted by molar-refractivity contribution is -0.120. The Labute approximate surface area is 185 Å². The van der Waals surface area contributed by atoms with Gasteiger partial charge in [0.25, 0.3) is 5.56 Å². The topological polar surface area (TPSA) is 74.8 Å². The van der Waals surface area contributed by atoms with Crippen LogP contribution in [0.15, 0.2) is 40.5 Å². The number of carbonyl (C=O) groups excluding carboxylic acids is 1. The number of thioether (sulfide) groups is 1. The normalized spacial score (nSPS) is 13.5. The molecule has 0 aliphatic rings. The van der Waals surface area contributed by atoms with Crippen LogP contribution in [-0.2, 0) is 10.5 Å². The van der Waals surface area contributed by atoms with Gasteiger partial charge in [-0.1, -0.05) is 44.2 Å². The molecule has 0 spiro atoms. The van der Waals surface area contributed by atoms with E-state index in [4.69, 9.17) is 0 Å². The third kappa shape index (κ3) is 5.73. The van der Waals surface area contributed by atoms with Crippen LogP contribution in [0, 0.1) is 5.92 Å². The van der Waals surface area contributed by atoms with Crippen LogP contribution in [0.25, 0.3) is 21.3 Å². The molecule has 1 aromatic carbocycles. The summed E-state index contributed by atoms with van der Waals surface area (Å²) < 4.78 is 0. The molecule has 2 N–H and O–H groups in total. The second kappa shape index (κ2) is 10.3. The second-order valence-corrected chi connectivity index (χ2v) is 10.2. The number of nitrogens with zero attached hydrogens (tertiary/aromatic N) is 1. The van der Waals surface area contributed by atoms with Gasteiger partial charge in [0.05, 0.1) is 16.4 Å². The van der Waals surface area contributed by atoms with Crippen LogP contribution in [0.2, 0.25) is 0 Å². The van der Waals surface area contributed by atoms with E-state index in [0.717, 1.165) is 28.8 Å². The van der Waals surface area contributed by atoms with Crippen LogP contribution in [0.4, 0.5) is 0 Å². The van der Waals surface area contributed by atoms with Gasteiger partial charge >= 0.3 is 0 Å². The Morgan fingerprint density at radius 3 is 2.60 bits per heavy atom. The maximum Gasteiger partial charge on any atom is 0.260 e. The molecule has 30 heavy (non-hydrogen) atoms. The van der Waals surface area contributed by atoms with Gasteiger partial charge < -0.3 is 10.3 Å². The summed E-state index contributed by atoms with van der Waals surface area (Å²) >= 11 is 2.96. The highest BCUT2D eigenvalue weighted by molar-refractivity contribution is 7.99. The lowest BCUT2D eigenvalue weighted by Gasteiger charge is -2.18. The van der Waals surface area contributed by atoms with E-state index >= 15 is 0 Å². The minimum atomic E-state index is -0.212. The minimum absolute atomic E-state index is 0.0298. The number of benzene rings is 1. The number of fused-ring (bicyclic) bond motifs is 1. The van der Waals surface area contributed by atoms with Gasteiger partial charge in [0, 0.05) is 17.0 Å². The molecular weight excluding hydrogens is 414 g/mol. The number of aromatic amines is 1. The summed E-state index contributed by atoms with van der Waals surface area (Å²) in [7, 11) is 0. The molecule has 2 atom stereocenters. The number of carbonyl (C=O) groups is 1. The number of aromatic nitrogens is 2. The number of rotatable bonds is 9. The fourth-order valence-electron chi connectivity index (χ4n) is 3.19. The van der Waals surface area contributed by atoms with Gasteiger partial charge in [0.15, 0.2) is 0 Å². The molecule has 2 aromatic heterocycles. The Morgan fingerprint density at radius 1 is 1.17 bits per heavy atom. The monoisotopic (exact) mass is 443 g/mol. The van der Waals surface area contributed by atoms with Crippen molar-refractivity contribution in [2.45, 2.75) is 57.6 Å².